The SMILES string of the molecule is CC1([C@@H]2CC[C@]3(C(=O)N4CCC[C@H]4CN4CCC(F)(F)C4)CC[C@]4(C)[C@H](CC[C@@H]5[C@@]6(C)CC[C@H](OC(=O)[C@H]7C[C@@H](C(=O)O)C7(C)C)C7(C)C[C@]76CC[C@]54C)[C@@H]23)CC1. The van der Waals surface area contributed by atoms with E-state index in [1.165, 1.54) is 38.5 Å². The second-order valence-corrected chi connectivity index (χ2v) is 24.2. The Hall–Kier alpha value is -1.77. The Morgan fingerprint density at radius 2 is 1.46 bits per heavy atom. The molecular weight excluding hydrogens is 723 g/mol. The number of halogens is 2. The average molecular weight is 795 g/mol. The number of hydrogen-bond acceptors (Lipinski definition) is 5. The Labute approximate surface area is 340 Å². The van der Waals surface area contributed by atoms with Crippen molar-refractivity contribution in [3.05, 3.63) is 0 Å². The average Bonchev–Trinajstić information content (AvgIpc) is 3.77. The second-order valence-electron chi connectivity index (χ2n) is 24.2. The molecule has 0 aromatic heterocycles. The fraction of sp³-hybridized carbons (Fsp3) is 0.938. The molecule has 57 heavy (non-hydrogen) atoms. The zero-order valence-electron chi connectivity index (χ0n) is 36.2. The van der Waals surface area contributed by atoms with Gasteiger partial charge in [-0.3, -0.25) is 19.3 Å². The number of likely N-dealkylation sites (tertiary alicyclic amines) is 2. The van der Waals surface area contributed by atoms with Crippen LogP contribution in [0.1, 0.15) is 158 Å². The third kappa shape index (κ3) is 4.99. The van der Waals surface area contributed by atoms with Gasteiger partial charge in [0.15, 0.2) is 0 Å². The first-order chi connectivity index (χ1) is 26.6. The van der Waals surface area contributed by atoms with E-state index in [1.807, 2.05) is 18.7 Å². The number of hydrogen-bond donors (Lipinski definition) is 1. The van der Waals surface area contributed by atoms with Gasteiger partial charge in [-0.15, -0.1) is 0 Å². The first-order valence-corrected chi connectivity index (χ1v) is 23.5. The van der Waals surface area contributed by atoms with E-state index >= 15 is 4.79 Å². The number of esters is 1. The Kier molecular flexibility index (Phi) is 8.28. The summed E-state index contributed by atoms with van der Waals surface area (Å²) in [6.45, 7) is 18.3. The third-order valence-electron chi connectivity index (χ3n) is 22.2. The minimum absolute atomic E-state index is 0.0443. The van der Waals surface area contributed by atoms with E-state index in [0.29, 0.717) is 54.5 Å². The van der Waals surface area contributed by atoms with Gasteiger partial charge in [-0.05, 0) is 159 Å². The maximum atomic E-state index is 15.4. The van der Waals surface area contributed by atoms with Crippen LogP contribution in [0, 0.1) is 78.8 Å². The molecule has 1 amide bonds. The molecule has 1 unspecified atom stereocenters. The predicted molar refractivity (Wildman–Crippen MR) is 213 cm³/mol. The number of aliphatic carboxylic acids is 1. The molecule has 8 saturated carbocycles. The van der Waals surface area contributed by atoms with E-state index in [0.717, 1.165) is 64.3 Å². The summed E-state index contributed by atoms with van der Waals surface area (Å²) in [5, 5.41) is 9.70. The molecule has 1 N–H and O–H groups in total. The number of rotatable bonds is 7. The number of amides is 1. The van der Waals surface area contributed by atoms with E-state index < -0.39 is 23.2 Å². The van der Waals surface area contributed by atoms with Crippen molar-refractivity contribution < 1.29 is 33.0 Å². The minimum atomic E-state index is -2.61. The van der Waals surface area contributed by atoms with Gasteiger partial charge in [0.05, 0.1) is 23.8 Å². The van der Waals surface area contributed by atoms with Gasteiger partial charge in [-0.25, -0.2) is 8.78 Å². The number of alkyl halides is 2. The van der Waals surface area contributed by atoms with Gasteiger partial charge >= 0.3 is 11.9 Å². The summed E-state index contributed by atoms with van der Waals surface area (Å²) < 4.78 is 35.0. The first-order valence-electron chi connectivity index (χ1n) is 23.5. The van der Waals surface area contributed by atoms with Crippen LogP contribution in [0.15, 0.2) is 0 Å². The van der Waals surface area contributed by atoms with Crippen molar-refractivity contribution in [2.75, 3.05) is 26.2 Å². The second kappa shape index (κ2) is 12.0. The van der Waals surface area contributed by atoms with Crippen LogP contribution in [-0.4, -0.2) is 77.0 Å². The molecule has 2 saturated heterocycles. The number of ether oxygens (including phenoxy) is 1. The van der Waals surface area contributed by atoms with Gasteiger partial charge in [0, 0.05) is 37.5 Å². The standard InChI is InChI=1S/C48H72F2N2O5/c1-40(2)32(37(53)54)25-33(40)38(55)57-35-13-14-44(6)34-11-10-31-36-30(41(3)16-17-41)12-15-46(36,20-18-42(31,4)43(34,5)19-21-47(44)27-45(35,47)7)39(56)52-23-8-9-29(52)26-51-24-22-48(49,50)28-51/h29-36H,8-28H2,1-7H3,(H,53,54)/t29-,30+,31+,32-,33+,34-,35-,36+,42+,43+,44+,45?,46-,47-/m0/s1. The lowest BCUT2D eigenvalue weighted by molar-refractivity contribution is -0.243. The molecule has 2 heterocycles. The van der Waals surface area contributed by atoms with Crippen LogP contribution < -0.4 is 0 Å². The molecular formula is C48H72F2N2O5. The quantitative estimate of drug-likeness (QED) is 0.259. The van der Waals surface area contributed by atoms with Gasteiger partial charge in [0.1, 0.15) is 6.10 Å². The maximum Gasteiger partial charge on any atom is 0.309 e. The Morgan fingerprint density at radius 1 is 0.719 bits per heavy atom. The van der Waals surface area contributed by atoms with Gasteiger partial charge in [-0.2, -0.15) is 0 Å². The molecule has 8 aliphatic carbocycles. The van der Waals surface area contributed by atoms with Crippen molar-refractivity contribution in [3.8, 4) is 0 Å². The van der Waals surface area contributed by atoms with Crippen molar-refractivity contribution in [1.29, 1.82) is 0 Å². The number of carboxylic acids is 1. The number of carbonyl (C=O) groups is 3. The Morgan fingerprint density at radius 3 is 2.12 bits per heavy atom. The molecule has 318 valence electrons. The third-order valence-corrected chi connectivity index (χ3v) is 22.2. The zero-order valence-corrected chi connectivity index (χ0v) is 36.2. The minimum Gasteiger partial charge on any atom is -0.481 e. The highest BCUT2D eigenvalue weighted by molar-refractivity contribution is 5.84. The van der Waals surface area contributed by atoms with E-state index in [2.05, 4.69) is 39.5 Å². The number of fused-ring (bicyclic) bond motifs is 6. The molecule has 10 aliphatic rings. The van der Waals surface area contributed by atoms with Crippen LogP contribution >= 0.6 is 0 Å². The highest BCUT2D eigenvalue weighted by Gasteiger charge is 2.83. The molecule has 9 heteroatoms. The lowest BCUT2D eigenvalue weighted by atomic mass is 9.32. The summed E-state index contributed by atoms with van der Waals surface area (Å²) in [7, 11) is 0. The highest BCUT2D eigenvalue weighted by Crippen LogP contribution is 2.88. The fourth-order valence-corrected chi connectivity index (χ4v) is 18.1. The molecule has 2 aliphatic heterocycles. The molecule has 14 atom stereocenters. The normalized spacial score (nSPS) is 52.3. The van der Waals surface area contributed by atoms with Gasteiger partial charge in [0.25, 0.3) is 5.92 Å². The summed E-state index contributed by atoms with van der Waals surface area (Å²) in [4.78, 5) is 45.1. The summed E-state index contributed by atoms with van der Waals surface area (Å²) in [5.41, 5.74) is 0.00327. The molecule has 0 aromatic carbocycles. The smallest absolute Gasteiger partial charge is 0.309 e. The molecule has 0 aromatic rings. The van der Waals surface area contributed by atoms with Crippen LogP contribution in [0.4, 0.5) is 8.78 Å². The topological polar surface area (TPSA) is 87.2 Å². The zero-order chi connectivity index (χ0) is 40.6. The summed E-state index contributed by atoms with van der Waals surface area (Å²) in [6.07, 6.45) is 16.7. The van der Waals surface area contributed by atoms with Crippen LogP contribution in [-0.2, 0) is 19.1 Å². The highest BCUT2D eigenvalue weighted by atomic mass is 19.3. The maximum absolute atomic E-state index is 15.4. The van der Waals surface area contributed by atoms with Crippen LogP contribution in [0.3, 0.4) is 0 Å². The lowest BCUT2D eigenvalue weighted by Gasteiger charge is -2.72. The largest absolute Gasteiger partial charge is 0.481 e. The van der Waals surface area contributed by atoms with Gasteiger partial charge in [0.2, 0.25) is 5.91 Å². The summed E-state index contributed by atoms with van der Waals surface area (Å²) in [6, 6.07) is 0.0529. The molecule has 10 fully saturated rings. The molecule has 10 rings (SSSR count). The lowest BCUT2D eigenvalue weighted by Crippen LogP contribution is -2.67. The number of nitrogens with zero attached hydrogens (tertiary/aromatic N) is 2. The Bertz CT molecular complexity index is 1750. The Balaban J connectivity index is 0.907. The first kappa shape index (κ1) is 39.4. The van der Waals surface area contributed by atoms with Crippen molar-refractivity contribution in [3.63, 3.8) is 0 Å². The molecule has 0 bridgehead atoms. The summed E-state index contributed by atoms with van der Waals surface area (Å²) >= 11 is 0. The monoisotopic (exact) mass is 795 g/mol. The fourth-order valence-electron chi connectivity index (χ4n) is 18.1. The van der Waals surface area contributed by atoms with E-state index in [4.69, 9.17) is 4.74 Å². The van der Waals surface area contributed by atoms with E-state index in [9.17, 15) is 23.5 Å². The van der Waals surface area contributed by atoms with Crippen molar-refractivity contribution >= 4 is 17.8 Å². The predicted octanol–water partition coefficient (Wildman–Crippen LogP) is 9.61. The molecule has 1 spiro atoms. The van der Waals surface area contributed by atoms with Crippen LogP contribution in [0.25, 0.3) is 0 Å². The van der Waals surface area contributed by atoms with Gasteiger partial charge < -0.3 is 14.7 Å². The molecule has 7 nitrogen and oxygen atoms in total. The summed E-state index contributed by atoms with van der Waals surface area (Å²) in [5.74, 6) is -1.99. The van der Waals surface area contributed by atoms with Crippen molar-refractivity contribution in [2.24, 2.45) is 78.8 Å². The van der Waals surface area contributed by atoms with E-state index in [1.54, 1.807) is 0 Å². The number of carbonyl (C=O) groups excluding carboxylic acids is 2. The van der Waals surface area contributed by atoms with E-state index in [-0.39, 0.29) is 69.5 Å². The van der Waals surface area contributed by atoms with Crippen molar-refractivity contribution in [1.82, 2.24) is 9.80 Å². The van der Waals surface area contributed by atoms with Crippen molar-refractivity contribution in [2.45, 2.75) is 176 Å². The van der Waals surface area contributed by atoms with Crippen LogP contribution in [0.5, 0.6) is 0 Å². The van der Waals surface area contributed by atoms with Crippen LogP contribution in [0.2, 0.25) is 0 Å². The molecule has 0 radical (unpaired) electrons. The van der Waals surface area contributed by atoms with Gasteiger partial charge in [-0.1, -0.05) is 48.5 Å². The number of carboxylic acid groups (broad SMARTS) is 1.